The number of nitrogens with one attached hydrogen (secondary N) is 1. The first-order chi connectivity index (χ1) is 18.9. The van der Waals surface area contributed by atoms with Gasteiger partial charge in [-0.15, -0.1) is 0 Å². The lowest BCUT2D eigenvalue weighted by atomic mass is 10.1. The van der Waals surface area contributed by atoms with Gasteiger partial charge in [-0.1, -0.05) is 35.3 Å². The minimum atomic E-state index is -0.678. The van der Waals surface area contributed by atoms with Gasteiger partial charge in [0, 0.05) is 19.4 Å². The van der Waals surface area contributed by atoms with Crippen LogP contribution in [0.25, 0.3) is 22.3 Å². The Balaban J connectivity index is 1.45. The second-order valence-electron chi connectivity index (χ2n) is 9.00. The minimum absolute atomic E-state index is 0.0333. The lowest BCUT2D eigenvalue weighted by molar-refractivity contribution is 0.0938. The van der Waals surface area contributed by atoms with Gasteiger partial charge >= 0.3 is 0 Å². The van der Waals surface area contributed by atoms with E-state index in [2.05, 4.69) is 37.5 Å². The molecule has 1 amide bonds. The van der Waals surface area contributed by atoms with Crippen molar-refractivity contribution in [2.45, 2.75) is 19.9 Å². The highest BCUT2D eigenvalue weighted by Gasteiger charge is 2.25. The number of carbonyl (C=O) groups is 1. The molecule has 39 heavy (non-hydrogen) atoms. The monoisotopic (exact) mass is 518 g/mol. The topological polar surface area (TPSA) is 125 Å². The summed E-state index contributed by atoms with van der Waals surface area (Å²) in [5.41, 5.74) is 2.74. The summed E-state index contributed by atoms with van der Waals surface area (Å²) in [6, 6.07) is 13.9. The van der Waals surface area contributed by atoms with Crippen molar-refractivity contribution in [3.8, 4) is 17.5 Å². The minimum Gasteiger partial charge on any atom is -0.342 e. The average Bonchev–Trinajstić information content (AvgIpc) is 3.63. The molecular weight excluding hydrogens is 496 g/mol. The first-order valence-electron chi connectivity index (χ1n) is 12.1. The Morgan fingerprint density at radius 2 is 1.90 bits per heavy atom. The van der Waals surface area contributed by atoms with Gasteiger partial charge in [-0.3, -0.25) is 18.8 Å². The molecule has 0 aliphatic heterocycles. The van der Waals surface area contributed by atoms with Crippen LogP contribution in [0.5, 0.6) is 0 Å². The van der Waals surface area contributed by atoms with Crippen LogP contribution in [-0.2, 0) is 7.05 Å². The maximum atomic E-state index is 13.9. The quantitative estimate of drug-likeness (QED) is 0.356. The summed E-state index contributed by atoms with van der Waals surface area (Å²) in [6.45, 7) is 3.53. The number of para-hydroxylation sites is 1. The molecule has 11 nitrogen and oxygen atoms in total. The Kier molecular flexibility index (Phi) is 5.77. The number of aromatic nitrogens is 7. The molecule has 0 aliphatic rings. The molecule has 1 aromatic carbocycles. The van der Waals surface area contributed by atoms with E-state index >= 15 is 0 Å². The molecule has 192 valence electrons. The highest BCUT2D eigenvalue weighted by molar-refractivity contribution is 6.02. The van der Waals surface area contributed by atoms with Gasteiger partial charge in [-0.05, 0) is 44.0 Å². The van der Waals surface area contributed by atoms with Gasteiger partial charge in [0.2, 0.25) is 0 Å². The van der Waals surface area contributed by atoms with Crippen LogP contribution in [0.3, 0.4) is 0 Å². The number of pyridine rings is 1. The number of hydrogen-bond acceptors (Lipinski definition) is 7. The zero-order valence-electron chi connectivity index (χ0n) is 21.3. The molecule has 5 heterocycles. The summed E-state index contributed by atoms with van der Waals surface area (Å²) in [6.07, 6.45) is 5.15. The lowest BCUT2D eigenvalue weighted by Gasteiger charge is -2.18. The fourth-order valence-corrected chi connectivity index (χ4v) is 4.47. The molecule has 0 unspecified atom stereocenters. The predicted molar refractivity (Wildman–Crippen MR) is 142 cm³/mol. The molecule has 0 bridgehead atoms. The van der Waals surface area contributed by atoms with Crippen LogP contribution < -0.4 is 10.9 Å². The van der Waals surface area contributed by atoms with E-state index in [9.17, 15) is 9.59 Å². The Labute approximate surface area is 221 Å². The fourth-order valence-electron chi connectivity index (χ4n) is 4.47. The molecule has 1 N–H and O–H groups in total. The van der Waals surface area contributed by atoms with Crippen molar-refractivity contribution >= 4 is 22.5 Å². The van der Waals surface area contributed by atoms with Crippen molar-refractivity contribution < 1.29 is 9.32 Å². The normalized spacial score (nSPS) is 11.9. The van der Waals surface area contributed by atoms with E-state index in [4.69, 9.17) is 4.52 Å². The molecule has 5 aromatic heterocycles. The van der Waals surface area contributed by atoms with Crippen molar-refractivity contribution in [1.82, 2.24) is 39.4 Å². The maximum Gasteiger partial charge on any atom is 0.272 e. The molecule has 0 spiro atoms. The van der Waals surface area contributed by atoms with Gasteiger partial charge in [-0.25, -0.2) is 4.52 Å². The van der Waals surface area contributed by atoms with Crippen LogP contribution in [-0.4, -0.2) is 40.0 Å². The Hall–Kier alpha value is -5.50. The summed E-state index contributed by atoms with van der Waals surface area (Å²) < 4.78 is 10.2. The van der Waals surface area contributed by atoms with E-state index in [1.54, 1.807) is 60.8 Å². The van der Waals surface area contributed by atoms with Crippen LogP contribution in [0.15, 0.2) is 76.4 Å². The molecule has 11 heteroatoms. The third-order valence-electron chi connectivity index (χ3n) is 6.26. The number of hydrogen-bond donors (Lipinski definition) is 1. The van der Waals surface area contributed by atoms with Crippen LogP contribution in [0, 0.1) is 18.8 Å². The predicted octanol–water partition coefficient (Wildman–Crippen LogP) is 2.95. The summed E-state index contributed by atoms with van der Waals surface area (Å²) in [5, 5.41) is 15.7. The number of amides is 1. The third-order valence-corrected chi connectivity index (χ3v) is 6.26. The van der Waals surface area contributed by atoms with E-state index in [1.807, 2.05) is 36.4 Å². The van der Waals surface area contributed by atoms with Crippen LogP contribution in [0.4, 0.5) is 0 Å². The maximum absolute atomic E-state index is 13.9. The Bertz CT molecular complexity index is 1990. The van der Waals surface area contributed by atoms with E-state index in [0.717, 1.165) is 0 Å². The highest BCUT2D eigenvalue weighted by Crippen LogP contribution is 2.21. The van der Waals surface area contributed by atoms with E-state index in [-0.39, 0.29) is 28.5 Å². The number of rotatable bonds is 4. The van der Waals surface area contributed by atoms with Gasteiger partial charge in [0.25, 0.3) is 17.2 Å². The first kappa shape index (κ1) is 23.9. The average molecular weight is 519 g/mol. The zero-order valence-corrected chi connectivity index (χ0v) is 21.3. The van der Waals surface area contributed by atoms with Crippen molar-refractivity contribution in [3.05, 3.63) is 106 Å². The van der Waals surface area contributed by atoms with E-state index in [1.165, 1.54) is 4.57 Å². The molecule has 0 saturated heterocycles. The number of fused-ring (bicyclic) bond motifs is 2. The summed E-state index contributed by atoms with van der Waals surface area (Å²) in [4.78, 5) is 31.9. The van der Waals surface area contributed by atoms with Gasteiger partial charge in [0.05, 0.1) is 40.3 Å². The van der Waals surface area contributed by atoms with Crippen molar-refractivity contribution in [1.29, 1.82) is 0 Å². The molecule has 0 saturated carbocycles. The number of carbonyl (C=O) groups excluding carboxylic acids is 1. The van der Waals surface area contributed by atoms with Gasteiger partial charge in [0.1, 0.15) is 11.2 Å². The Morgan fingerprint density at radius 1 is 1.10 bits per heavy atom. The SMILES string of the molecule is Cc1nn2ccccc2c1C(=O)N[C@@H](C)c1nc2onc(C#Cc3cnn(C)c3)c2c(=O)n1-c1ccccc1. The van der Waals surface area contributed by atoms with Crippen molar-refractivity contribution in [3.63, 3.8) is 0 Å². The lowest BCUT2D eigenvalue weighted by Crippen LogP contribution is -2.33. The number of benzene rings is 1. The van der Waals surface area contributed by atoms with E-state index in [0.29, 0.717) is 28.0 Å². The van der Waals surface area contributed by atoms with Crippen LogP contribution in [0.1, 0.15) is 46.1 Å². The third kappa shape index (κ3) is 4.23. The standard InChI is InChI=1S/C28H22N8O3/c1-17-23(22-11-7-8-14-35(22)32-17)26(37)30-18(2)25-31-27-24(28(38)36(25)20-9-5-4-6-10-20)21(33-39-27)13-12-19-15-29-34(3)16-19/h4-11,14-16,18H,1-3H3,(H,30,37)/t18-/m0/s1. The van der Waals surface area contributed by atoms with Crippen LogP contribution >= 0.6 is 0 Å². The molecule has 6 rings (SSSR count). The summed E-state index contributed by atoms with van der Waals surface area (Å²) in [5.74, 6) is 5.79. The van der Waals surface area contributed by atoms with E-state index < -0.39 is 11.6 Å². The second kappa shape index (κ2) is 9.42. The van der Waals surface area contributed by atoms with Gasteiger partial charge in [-0.2, -0.15) is 15.2 Å². The summed E-state index contributed by atoms with van der Waals surface area (Å²) >= 11 is 0. The second-order valence-corrected chi connectivity index (χ2v) is 9.00. The van der Waals surface area contributed by atoms with Gasteiger partial charge in [0.15, 0.2) is 5.69 Å². The Morgan fingerprint density at radius 3 is 2.67 bits per heavy atom. The fraction of sp³-hybridized carbons (Fsp3) is 0.143. The molecule has 1 atom stereocenters. The smallest absolute Gasteiger partial charge is 0.272 e. The first-order valence-corrected chi connectivity index (χ1v) is 12.1. The molecular formula is C28H22N8O3. The number of nitrogens with zero attached hydrogens (tertiary/aromatic N) is 7. The zero-order chi connectivity index (χ0) is 27.1. The van der Waals surface area contributed by atoms with Crippen molar-refractivity contribution in [2.24, 2.45) is 7.05 Å². The molecule has 0 radical (unpaired) electrons. The van der Waals surface area contributed by atoms with Crippen LogP contribution in [0.2, 0.25) is 0 Å². The van der Waals surface area contributed by atoms with Gasteiger partial charge < -0.3 is 9.84 Å². The molecule has 0 aliphatic carbocycles. The molecule has 6 aromatic rings. The molecule has 0 fully saturated rings. The highest BCUT2D eigenvalue weighted by atomic mass is 16.5. The summed E-state index contributed by atoms with van der Waals surface area (Å²) in [7, 11) is 1.79. The largest absolute Gasteiger partial charge is 0.342 e. The van der Waals surface area contributed by atoms with Crippen molar-refractivity contribution in [2.75, 3.05) is 0 Å². The number of aryl methyl sites for hydroxylation is 2.